The zero-order valence-electron chi connectivity index (χ0n) is 18.0. The Morgan fingerprint density at radius 1 is 1.00 bits per heavy atom. The number of ether oxygens (including phenoxy) is 1. The number of rotatable bonds is 8. The maximum absolute atomic E-state index is 12.8. The topological polar surface area (TPSA) is 85.6 Å². The monoisotopic (exact) mass is 453 g/mol. The van der Waals surface area contributed by atoms with Gasteiger partial charge in [-0.3, -0.25) is 4.79 Å². The van der Waals surface area contributed by atoms with Crippen molar-refractivity contribution in [2.24, 2.45) is 0 Å². The van der Waals surface area contributed by atoms with E-state index in [-0.39, 0.29) is 33.5 Å². The fourth-order valence-corrected chi connectivity index (χ4v) is 5.76. The summed E-state index contributed by atoms with van der Waals surface area (Å²) in [5.41, 5.74) is 0.920. The first-order valence-electron chi connectivity index (χ1n) is 10.7. The fraction of sp³-hybridized carbons (Fsp3) is 0.320. The van der Waals surface area contributed by atoms with Crippen LogP contribution in [-0.2, 0) is 21.0 Å². The predicted molar refractivity (Wildman–Crippen MR) is 122 cm³/mol. The highest BCUT2D eigenvalue weighted by atomic mass is 32.2. The number of benzene rings is 2. The predicted octanol–water partition coefficient (Wildman–Crippen LogP) is 4.50. The zero-order chi connectivity index (χ0) is 22.6. The second-order valence-electron chi connectivity index (χ2n) is 8.21. The zero-order valence-corrected chi connectivity index (χ0v) is 18.9. The van der Waals surface area contributed by atoms with Crippen molar-refractivity contribution in [2.75, 3.05) is 13.7 Å². The maximum atomic E-state index is 12.8. The third kappa shape index (κ3) is 4.58. The molecular formula is C25H27NO5S. The first-order valence-corrected chi connectivity index (χ1v) is 12.4. The summed E-state index contributed by atoms with van der Waals surface area (Å²) < 4.78 is 36.3. The van der Waals surface area contributed by atoms with Crippen molar-refractivity contribution in [3.05, 3.63) is 83.8 Å². The van der Waals surface area contributed by atoms with Crippen LogP contribution in [0.2, 0.25) is 0 Å². The van der Waals surface area contributed by atoms with Gasteiger partial charge in [-0.25, -0.2) is 8.42 Å². The number of amides is 1. The van der Waals surface area contributed by atoms with Gasteiger partial charge in [-0.05, 0) is 43.2 Å². The molecule has 1 aliphatic carbocycles. The lowest BCUT2D eigenvalue weighted by Crippen LogP contribution is -2.39. The summed E-state index contributed by atoms with van der Waals surface area (Å²) in [6, 6.07) is 19.2. The molecular weight excluding hydrogens is 426 g/mol. The number of hydrogen-bond acceptors (Lipinski definition) is 5. The molecule has 1 aromatic heterocycles. The van der Waals surface area contributed by atoms with Gasteiger partial charge >= 0.3 is 0 Å². The van der Waals surface area contributed by atoms with Crippen molar-refractivity contribution in [3.8, 4) is 5.75 Å². The second-order valence-corrected chi connectivity index (χ2v) is 10.2. The Balaban J connectivity index is 1.46. The number of carbonyl (C=O) groups is 1. The Hall–Kier alpha value is -3.06. The summed E-state index contributed by atoms with van der Waals surface area (Å²) in [7, 11) is -1.88. The first-order chi connectivity index (χ1) is 15.4. The van der Waals surface area contributed by atoms with Gasteiger partial charge in [0.15, 0.2) is 15.6 Å². The molecule has 7 heteroatoms. The normalized spacial score (nSPS) is 15.4. The molecule has 0 atom stereocenters. The number of para-hydroxylation sites is 1. The quantitative estimate of drug-likeness (QED) is 0.543. The average Bonchev–Trinajstić information content (AvgIpc) is 3.48. The standard InChI is InChI=1S/C25H27NO5S/c1-30-22-12-6-5-11-21(22)25(15-7-8-16-25)18-26-24(27)23-14-13-19(31-23)17-32(28,29)20-9-3-2-4-10-20/h2-6,9-14H,7-8,15-18H2,1H3,(H,26,27). The Kier molecular flexibility index (Phi) is 6.37. The number of hydrogen-bond donors (Lipinski definition) is 1. The lowest BCUT2D eigenvalue weighted by atomic mass is 9.78. The minimum atomic E-state index is -3.54. The van der Waals surface area contributed by atoms with E-state index < -0.39 is 9.84 Å². The minimum absolute atomic E-state index is 0.108. The van der Waals surface area contributed by atoms with Gasteiger partial charge in [0.05, 0.1) is 12.0 Å². The molecule has 1 aliphatic rings. The van der Waals surface area contributed by atoms with E-state index in [9.17, 15) is 13.2 Å². The minimum Gasteiger partial charge on any atom is -0.496 e. The Morgan fingerprint density at radius 2 is 1.69 bits per heavy atom. The number of methoxy groups -OCH3 is 1. The third-order valence-corrected chi connectivity index (χ3v) is 7.80. The van der Waals surface area contributed by atoms with Crippen LogP contribution in [0.5, 0.6) is 5.75 Å². The van der Waals surface area contributed by atoms with Gasteiger partial charge in [-0.2, -0.15) is 0 Å². The number of sulfone groups is 1. The van der Waals surface area contributed by atoms with Crippen LogP contribution in [0.1, 0.15) is 47.6 Å². The molecule has 1 amide bonds. The smallest absolute Gasteiger partial charge is 0.287 e. The molecule has 0 unspecified atom stereocenters. The lowest BCUT2D eigenvalue weighted by Gasteiger charge is -2.31. The lowest BCUT2D eigenvalue weighted by molar-refractivity contribution is 0.0913. The molecule has 0 saturated heterocycles. The molecule has 1 heterocycles. The molecule has 1 fully saturated rings. The van der Waals surface area contributed by atoms with E-state index in [1.165, 1.54) is 6.07 Å². The van der Waals surface area contributed by atoms with Gasteiger partial charge in [0, 0.05) is 17.5 Å². The molecule has 1 saturated carbocycles. The summed E-state index contributed by atoms with van der Waals surface area (Å²) in [5.74, 6) is 0.524. The van der Waals surface area contributed by atoms with E-state index in [0.29, 0.717) is 6.54 Å². The third-order valence-electron chi connectivity index (χ3n) is 6.15. The summed E-state index contributed by atoms with van der Waals surface area (Å²) in [5, 5.41) is 3.00. The average molecular weight is 454 g/mol. The van der Waals surface area contributed by atoms with Crippen LogP contribution < -0.4 is 10.1 Å². The van der Waals surface area contributed by atoms with E-state index >= 15 is 0 Å². The van der Waals surface area contributed by atoms with Crippen LogP contribution >= 0.6 is 0 Å². The molecule has 0 bridgehead atoms. The van der Waals surface area contributed by atoms with E-state index in [2.05, 4.69) is 11.4 Å². The van der Waals surface area contributed by atoms with Crippen molar-refractivity contribution in [3.63, 3.8) is 0 Å². The summed E-state index contributed by atoms with van der Waals surface area (Å²) >= 11 is 0. The molecule has 6 nitrogen and oxygen atoms in total. The van der Waals surface area contributed by atoms with Crippen LogP contribution in [0.3, 0.4) is 0 Å². The molecule has 168 valence electrons. The molecule has 0 radical (unpaired) electrons. The van der Waals surface area contributed by atoms with Gasteiger partial charge in [0.1, 0.15) is 17.3 Å². The SMILES string of the molecule is COc1ccccc1C1(CNC(=O)c2ccc(CS(=O)(=O)c3ccccc3)o2)CCCC1. The summed E-state index contributed by atoms with van der Waals surface area (Å²) in [6.45, 7) is 0.463. The molecule has 0 aliphatic heterocycles. The number of nitrogens with one attached hydrogen (secondary N) is 1. The van der Waals surface area contributed by atoms with Crippen LogP contribution in [0, 0.1) is 0 Å². The number of carbonyl (C=O) groups excluding carboxylic acids is 1. The van der Waals surface area contributed by atoms with Gasteiger partial charge in [-0.1, -0.05) is 49.2 Å². The van der Waals surface area contributed by atoms with Crippen molar-refractivity contribution in [1.29, 1.82) is 0 Å². The second kappa shape index (κ2) is 9.20. The fourth-order valence-electron chi connectivity index (χ4n) is 4.49. The van der Waals surface area contributed by atoms with E-state index in [4.69, 9.17) is 9.15 Å². The highest BCUT2D eigenvalue weighted by molar-refractivity contribution is 7.90. The Labute approximate surface area is 188 Å². The van der Waals surface area contributed by atoms with Crippen LogP contribution in [-0.4, -0.2) is 28.0 Å². The van der Waals surface area contributed by atoms with Crippen LogP contribution in [0.4, 0.5) is 0 Å². The largest absolute Gasteiger partial charge is 0.496 e. The van der Waals surface area contributed by atoms with E-state index in [1.807, 2.05) is 18.2 Å². The molecule has 1 N–H and O–H groups in total. The van der Waals surface area contributed by atoms with Gasteiger partial charge in [-0.15, -0.1) is 0 Å². The number of furan rings is 1. The van der Waals surface area contributed by atoms with Crippen molar-refractivity contribution in [1.82, 2.24) is 5.32 Å². The Bertz CT molecular complexity index is 1180. The highest BCUT2D eigenvalue weighted by Crippen LogP contribution is 2.44. The molecule has 3 aromatic rings. The van der Waals surface area contributed by atoms with Gasteiger partial charge in [0.25, 0.3) is 5.91 Å². The van der Waals surface area contributed by atoms with Crippen molar-refractivity contribution >= 4 is 15.7 Å². The highest BCUT2D eigenvalue weighted by Gasteiger charge is 2.38. The summed E-state index contributed by atoms with van der Waals surface area (Å²) in [4.78, 5) is 13.0. The maximum Gasteiger partial charge on any atom is 0.287 e. The molecule has 0 spiro atoms. The van der Waals surface area contributed by atoms with Crippen LogP contribution in [0.15, 0.2) is 76.0 Å². The Morgan fingerprint density at radius 3 is 2.41 bits per heavy atom. The first kappa shape index (κ1) is 22.1. The molecule has 2 aromatic carbocycles. The van der Waals surface area contributed by atoms with Gasteiger partial charge < -0.3 is 14.5 Å². The van der Waals surface area contributed by atoms with Gasteiger partial charge in [0.2, 0.25) is 0 Å². The van der Waals surface area contributed by atoms with E-state index in [0.717, 1.165) is 37.0 Å². The van der Waals surface area contributed by atoms with Crippen molar-refractivity contribution < 1.29 is 22.4 Å². The summed E-state index contributed by atoms with van der Waals surface area (Å²) in [6.07, 6.45) is 4.12. The van der Waals surface area contributed by atoms with Crippen molar-refractivity contribution in [2.45, 2.75) is 41.7 Å². The van der Waals surface area contributed by atoms with E-state index in [1.54, 1.807) is 43.5 Å². The molecule has 32 heavy (non-hydrogen) atoms. The van der Waals surface area contributed by atoms with Crippen LogP contribution in [0.25, 0.3) is 0 Å². The molecule has 4 rings (SSSR count).